The van der Waals surface area contributed by atoms with Crippen molar-refractivity contribution in [3.05, 3.63) is 54.1 Å². The maximum absolute atomic E-state index is 12.1. The number of methoxy groups -OCH3 is 1. The molecular weight excluding hydrogens is 340 g/mol. The highest BCUT2D eigenvalue weighted by molar-refractivity contribution is 8.00. The lowest BCUT2D eigenvalue weighted by Gasteiger charge is -2.09. The molecule has 0 aliphatic rings. The molecule has 25 heavy (non-hydrogen) atoms. The van der Waals surface area contributed by atoms with Crippen molar-refractivity contribution in [2.75, 3.05) is 23.5 Å². The summed E-state index contributed by atoms with van der Waals surface area (Å²) in [6.45, 7) is 1.44. The Morgan fingerprint density at radius 1 is 1.00 bits per heavy atom. The van der Waals surface area contributed by atoms with Crippen LogP contribution in [0, 0.1) is 0 Å². The van der Waals surface area contributed by atoms with Gasteiger partial charge in [-0.15, -0.1) is 11.8 Å². The molecule has 130 valence electrons. The van der Waals surface area contributed by atoms with Crippen molar-refractivity contribution in [1.29, 1.82) is 0 Å². The lowest BCUT2D eigenvalue weighted by molar-refractivity contribution is -0.114. The highest BCUT2D eigenvalue weighted by atomic mass is 32.2. The minimum Gasteiger partial charge on any atom is -0.465 e. The van der Waals surface area contributed by atoms with Crippen molar-refractivity contribution < 1.29 is 19.1 Å². The van der Waals surface area contributed by atoms with Crippen LogP contribution in [0.25, 0.3) is 0 Å². The first-order chi connectivity index (χ1) is 12.0. The molecule has 7 heteroatoms. The number of rotatable bonds is 6. The molecule has 0 spiro atoms. The van der Waals surface area contributed by atoms with Crippen LogP contribution in [0.2, 0.25) is 0 Å². The van der Waals surface area contributed by atoms with Crippen LogP contribution in [0.15, 0.2) is 53.4 Å². The average molecular weight is 358 g/mol. The Bertz CT molecular complexity index is 775. The van der Waals surface area contributed by atoms with E-state index in [2.05, 4.69) is 10.6 Å². The molecule has 2 rings (SSSR count). The van der Waals surface area contributed by atoms with Gasteiger partial charge < -0.3 is 15.4 Å². The van der Waals surface area contributed by atoms with Crippen LogP contribution in [-0.2, 0) is 14.3 Å². The number of thioether (sulfide) groups is 1. The highest BCUT2D eigenvalue weighted by Crippen LogP contribution is 2.21. The largest absolute Gasteiger partial charge is 0.465 e. The van der Waals surface area contributed by atoms with Crippen LogP contribution in [0.4, 0.5) is 11.4 Å². The third kappa shape index (κ3) is 5.65. The molecule has 6 nitrogen and oxygen atoms in total. The van der Waals surface area contributed by atoms with Gasteiger partial charge in [-0.3, -0.25) is 9.59 Å². The molecule has 0 radical (unpaired) electrons. The van der Waals surface area contributed by atoms with Gasteiger partial charge in [0.2, 0.25) is 11.8 Å². The van der Waals surface area contributed by atoms with E-state index in [1.54, 1.807) is 36.4 Å². The van der Waals surface area contributed by atoms with Gasteiger partial charge in [0.15, 0.2) is 0 Å². The number of carbonyl (C=O) groups is 3. The highest BCUT2D eigenvalue weighted by Gasteiger charge is 2.13. The van der Waals surface area contributed by atoms with E-state index in [0.29, 0.717) is 16.9 Å². The normalized spacial score (nSPS) is 10.0. The Balaban J connectivity index is 1.93. The molecule has 0 aliphatic carbocycles. The van der Waals surface area contributed by atoms with E-state index in [-0.39, 0.29) is 17.6 Å². The van der Waals surface area contributed by atoms with Crippen molar-refractivity contribution in [2.24, 2.45) is 0 Å². The van der Waals surface area contributed by atoms with Crippen molar-refractivity contribution in [2.45, 2.75) is 11.8 Å². The summed E-state index contributed by atoms with van der Waals surface area (Å²) in [5, 5.41) is 5.40. The molecule has 2 N–H and O–H groups in total. The second-order valence-corrected chi connectivity index (χ2v) is 6.13. The number of ether oxygens (including phenoxy) is 1. The maximum atomic E-state index is 12.1. The van der Waals surface area contributed by atoms with E-state index in [1.807, 2.05) is 12.1 Å². The van der Waals surface area contributed by atoms with Gasteiger partial charge in [0.25, 0.3) is 0 Å². The van der Waals surface area contributed by atoms with E-state index in [4.69, 9.17) is 4.74 Å². The number of anilines is 2. The van der Waals surface area contributed by atoms with Crippen molar-refractivity contribution in [3.8, 4) is 0 Å². The number of amides is 2. The first kappa shape index (κ1) is 18.5. The van der Waals surface area contributed by atoms with Gasteiger partial charge in [-0.05, 0) is 36.4 Å². The zero-order chi connectivity index (χ0) is 18.2. The number of hydrogen-bond acceptors (Lipinski definition) is 5. The number of benzene rings is 2. The lowest BCUT2D eigenvalue weighted by atomic mass is 10.2. The number of para-hydroxylation sites is 1. The molecule has 0 atom stereocenters. The molecule has 0 aromatic heterocycles. The van der Waals surface area contributed by atoms with Gasteiger partial charge in [0, 0.05) is 17.5 Å². The Morgan fingerprint density at radius 3 is 2.32 bits per heavy atom. The fraction of sp³-hybridized carbons (Fsp3) is 0.167. The fourth-order valence-electron chi connectivity index (χ4n) is 2.05. The topological polar surface area (TPSA) is 84.5 Å². The minimum atomic E-state index is -0.503. The molecular formula is C18H18N2O4S. The summed E-state index contributed by atoms with van der Waals surface area (Å²) < 4.78 is 4.70. The second-order valence-electron chi connectivity index (χ2n) is 5.08. The molecule has 0 saturated heterocycles. The van der Waals surface area contributed by atoms with E-state index in [9.17, 15) is 14.4 Å². The first-order valence-electron chi connectivity index (χ1n) is 7.47. The van der Waals surface area contributed by atoms with Gasteiger partial charge >= 0.3 is 5.97 Å². The van der Waals surface area contributed by atoms with Crippen molar-refractivity contribution >= 4 is 40.9 Å². The Kier molecular flexibility index (Phi) is 6.59. The SMILES string of the molecule is COC(=O)c1ccccc1NC(=O)CSc1ccc(NC(C)=O)cc1. The molecule has 0 heterocycles. The Hall–Kier alpha value is -2.80. The van der Waals surface area contributed by atoms with Gasteiger partial charge in [0.1, 0.15) is 0 Å². The van der Waals surface area contributed by atoms with Gasteiger partial charge in [-0.1, -0.05) is 12.1 Å². The van der Waals surface area contributed by atoms with Gasteiger partial charge in [-0.25, -0.2) is 4.79 Å². The smallest absolute Gasteiger partial charge is 0.339 e. The summed E-state index contributed by atoms with van der Waals surface area (Å²) in [5.41, 5.74) is 1.43. The molecule has 0 fully saturated rings. The van der Waals surface area contributed by atoms with E-state index in [0.717, 1.165) is 4.90 Å². The molecule has 0 aliphatic heterocycles. The second kappa shape index (κ2) is 8.89. The van der Waals surface area contributed by atoms with E-state index >= 15 is 0 Å². The Morgan fingerprint density at radius 2 is 1.68 bits per heavy atom. The summed E-state index contributed by atoms with van der Waals surface area (Å²) in [6, 6.07) is 13.9. The van der Waals surface area contributed by atoms with Crippen LogP contribution in [0.1, 0.15) is 17.3 Å². The van der Waals surface area contributed by atoms with Gasteiger partial charge in [-0.2, -0.15) is 0 Å². The Labute approximate surface area is 149 Å². The summed E-state index contributed by atoms with van der Waals surface area (Å²) in [5.74, 6) is -0.678. The van der Waals surface area contributed by atoms with Crippen LogP contribution in [-0.4, -0.2) is 30.6 Å². The van der Waals surface area contributed by atoms with Crippen LogP contribution in [0.3, 0.4) is 0 Å². The molecule has 2 aromatic rings. The zero-order valence-electron chi connectivity index (χ0n) is 13.9. The maximum Gasteiger partial charge on any atom is 0.339 e. The number of nitrogens with one attached hydrogen (secondary N) is 2. The van der Waals surface area contributed by atoms with Gasteiger partial charge in [0.05, 0.1) is 24.1 Å². The first-order valence-corrected chi connectivity index (χ1v) is 8.46. The van der Waals surface area contributed by atoms with Crippen LogP contribution >= 0.6 is 11.8 Å². The minimum absolute atomic E-state index is 0.135. The number of carbonyl (C=O) groups excluding carboxylic acids is 3. The predicted molar refractivity (Wildman–Crippen MR) is 97.9 cm³/mol. The fourth-order valence-corrected chi connectivity index (χ4v) is 2.75. The summed E-state index contributed by atoms with van der Waals surface area (Å²) in [4.78, 5) is 35.7. The third-order valence-electron chi connectivity index (χ3n) is 3.15. The molecule has 0 bridgehead atoms. The van der Waals surface area contributed by atoms with Crippen LogP contribution in [0.5, 0.6) is 0 Å². The summed E-state index contributed by atoms with van der Waals surface area (Å²) in [6.07, 6.45) is 0. The van der Waals surface area contributed by atoms with E-state index in [1.165, 1.54) is 25.8 Å². The number of esters is 1. The summed E-state index contributed by atoms with van der Waals surface area (Å²) in [7, 11) is 1.29. The molecule has 0 saturated carbocycles. The molecule has 0 unspecified atom stereocenters. The average Bonchev–Trinajstić information content (AvgIpc) is 2.60. The lowest BCUT2D eigenvalue weighted by Crippen LogP contribution is -2.17. The third-order valence-corrected chi connectivity index (χ3v) is 4.16. The zero-order valence-corrected chi connectivity index (χ0v) is 14.7. The monoisotopic (exact) mass is 358 g/mol. The molecule has 2 amide bonds. The van der Waals surface area contributed by atoms with Crippen molar-refractivity contribution in [3.63, 3.8) is 0 Å². The molecule has 2 aromatic carbocycles. The van der Waals surface area contributed by atoms with Crippen LogP contribution < -0.4 is 10.6 Å². The van der Waals surface area contributed by atoms with Crippen molar-refractivity contribution in [1.82, 2.24) is 0 Å². The summed E-state index contributed by atoms with van der Waals surface area (Å²) >= 11 is 1.35. The van der Waals surface area contributed by atoms with E-state index < -0.39 is 5.97 Å². The number of hydrogen-bond donors (Lipinski definition) is 2. The standard InChI is InChI=1S/C18H18N2O4S/c1-12(21)19-13-7-9-14(10-8-13)25-11-17(22)20-16-6-4-3-5-15(16)18(23)24-2/h3-10H,11H2,1-2H3,(H,19,21)(H,20,22). The predicted octanol–water partition coefficient (Wildman–Crippen LogP) is 3.16. The quantitative estimate of drug-likeness (QED) is 0.612.